The zero-order valence-corrected chi connectivity index (χ0v) is 13.8. The van der Waals surface area contributed by atoms with E-state index in [1.807, 2.05) is 0 Å². The summed E-state index contributed by atoms with van der Waals surface area (Å²) in [5.74, 6) is -1.11. The van der Waals surface area contributed by atoms with Crippen molar-refractivity contribution in [1.82, 2.24) is 0 Å². The second-order valence-corrected chi connectivity index (χ2v) is 6.98. The minimum Gasteiger partial charge on any atom is -0.478 e. The SMILES string of the molecule is O=C(O)c1ccc(NS(=O)(=O)c2ccc(Cl)c(Cl)c2Cl)cc1. The van der Waals surface area contributed by atoms with Gasteiger partial charge in [0, 0.05) is 5.69 Å². The Balaban J connectivity index is 2.36. The number of benzene rings is 2. The number of aromatic carboxylic acids is 1. The number of hydrogen-bond donors (Lipinski definition) is 2. The van der Waals surface area contributed by atoms with E-state index < -0.39 is 16.0 Å². The molecule has 116 valence electrons. The van der Waals surface area contributed by atoms with Gasteiger partial charge in [0.2, 0.25) is 0 Å². The van der Waals surface area contributed by atoms with E-state index in [1.54, 1.807) is 0 Å². The molecule has 0 heterocycles. The maximum absolute atomic E-state index is 12.3. The molecule has 2 aromatic carbocycles. The van der Waals surface area contributed by atoms with Crippen LogP contribution in [0.5, 0.6) is 0 Å². The Bertz CT molecular complexity index is 835. The normalized spacial score (nSPS) is 11.2. The first-order chi connectivity index (χ1) is 10.2. The van der Waals surface area contributed by atoms with Crippen LogP contribution in [0.3, 0.4) is 0 Å². The molecule has 0 amide bonds. The van der Waals surface area contributed by atoms with Crippen LogP contribution in [0.15, 0.2) is 41.3 Å². The molecule has 5 nitrogen and oxygen atoms in total. The highest BCUT2D eigenvalue weighted by molar-refractivity contribution is 7.92. The molecule has 0 spiro atoms. The van der Waals surface area contributed by atoms with Gasteiger partial charge in [-0.3, -0.25) is 4.72 Å². The van der Waals surface area contributed by atoms with Gasteiger partial charge in [0.25, 0.3) is 10.0 Å². The highest BCUT2D eigenvalue weighted by Gasteiger charge is 2.21. The first-order valence-corrected chi connectivity index (χ1v) is 8.34. The van der Waals surface area contributed by atoms with Crippen molar-refractivity contribution >= 4 is 56.5 Å². The van der Waals surface area contributed by atoms with E-state index in [4.69, 9.17) is 39.9 Å². The van der Waals surface area contributed by atoms with E-state index >= 15 is 0 Å². The standard InChI is InChI=1S/C13H8Cl3NO4S/c14-9-5-6-10(12(16)11(9)15)22(20,21)17-8-3-1-7(2-4-8)13(18)19/h1-6,17H,(H,18,19). The lowest BCUT2D eigenvalue weighted by atomic mass is 10.2. The number of rotatable bonds is 4. The minimum atomic E-state index is -3.99. The lowest BCUT2D eigenvalue weighted by Gasteiger charge is -2.11. The summed E-state index contributed by atoms with van der Waals surface area (Å²) in [5.41, 5.74) is 0.225. The lowest BCUT2D eigenvalue weighted by Crippen LogP contribution is -2.13. The number of carboxylic acid groups (broad SMARTS) is 1. The van der Waals surface area contributed by atoms with Crippen molar-refractivity contribution in [3.63, 3.8) is 0 Å². The van der Waals surface area contributed by atoms with Crippen LogP contribution in [0.1, 0.15) is 10.4 Å². The third-order valence-corrected chi connectivity index (χ3v) is 5.50. The summed E-state index contributed by atoms with van der Waals surface area (Å²) in [6.45, 7) is 0. The molecule has 0 aliphatic carbocycles. The Morgan fingerprint density at radius 2 is 1.55 bits per heavy atom. The topological polar surface area (TPSA) is 83.5 Å². The molecule has 0 saturated carbocycles. The van der Waals surface area contributed by atoms with Crippen LogP contribution in [0.4, 0.5) is 5.69 Å². The van der Waals surface area contributed by atoms with E-state index in [0.29, 0.717) is 0 Å². The lowest BCUT2D eigenvalue weighted by molar-refractivity contribution is 0.0697. The maximum atomic E-state index is 12.3. The summed E-state index contributed by atoms with van der Waals surface area (Å²) in [6, 6.07) is 7.74. The second kappa shape index (κ2) is 6.34. The van der Waals surface area contributed by atoms with Crippen LogP contribution < -0.4 is 4.72 Å². The largest absolute Gasteiger partial charge is 0.478 e. The van der Waals surface area contributed by atoms with Gasteiger partial charge in [-0.2, -0.15) is 0 Å². The van der Waals surface area contributed by atoms with Gasteiger partial charge in [0.1, 0.15) is 4.90 Å². The molecule has 2 N–H and O–H groups in total. The quantitative estimate of drug-likeness (QED) is 0.781. The van der Waals surface area contributed by atoms with Gasteiger partial charge in [0.15, 0.2) is 0 Å². The van der Waals surface area contributed by atoms with Crippen molar-refractivity contribution in [3.8, 4) is 0 Å². The van der Waals surface area contributed by atoms with Crippen molar-refractivity contribution in [3.05, 3.63) is 57.0 Å². The molecular weight excluding hydrogens is 373 g/mol. The van der Waals surface area contributed by atoms with Gasteiger partial charge < -0.3 is 5.11 Å². The monoisotopic (exact) mass is 379 g/mol. The molecule has 2 aromatic rings. The highest BCUT2D eigenvalue weighted by Crippen LogP contribution is 2.35. The summed E-state index contributed by atoms with van der Waals surface area (Å²) in [6.07, 6.45) is 0. The molecule has 0 radical (unpaired) electrons. The van der Waals surface area contributed by atoms with Crippen molar-refractivity contribution in [2.45, 2.75) is 4.90 Å². The fraction of sp³-hybridized carbons (Fsp3) is 0. The molecule has 0 saturated heterocycles. The molecule has 0 aliphatic rings. The average Bonchev–Trinajstić information content (AvgIpc) is 2.44. The molecule has 2 rings (SSSR count). The Labute approximate surface area is 141 Å². The first kappa shape index (κ1) is 16.9. The van der Waals surface area contributed by atoms with Crippen molar-refractivity contribution < 1.29 is 18.3 Å². The van der Waals surface area contributed by atoms with E-state index in [2.05, 4.69) is 4.72 Å². The van der Waals surface area contributed by atoms with Crippen LogP contribution in [0, 0.1) is 0 Å². The predicted octanol–water partition coefficient (Wildman–Crippen LogP) is 4.15. The van der Waals surface area contributed by atoms with Crippen LogP contribution in [-0.4, -0.2) is 19.5 Å². The van der Waals surface area contributed by atoms with Gasteiger partial charge >= 0.3 is 5.97 Å². The Kier molecular flexibility index (Phi) is 4.87. The smallest absolute Gasteiger partial charge is 0.335 e. The van der Waals surface area contributed by atoms with Gasteiger partial charge in [-0.25, -0.2) is 13.2 Å². The molecule has 9 heteroatoms. The van der Waals surface area contributed by atoms with Crippen LogP contribution >= 0.6 is 34.8 Å². The van der Waals surface area contributed by atoms with Crippen LogP contribution in [-0.2, 0) is 10.0 Å². The van der Waals surface area contributed by atoms with Gasteiger partial charge in [0.05, 0.1) is 20.6 Å². The van der Waals surface area contributed by atoms with Gasteiger partial charge in [-0.1, -0.05) is 34.8 Å². The summed E-state index contributed by atoms with van der Waals surface area (Å²) >= 11 is 17.5. The third kappa shape index (κ3) is 3.47. The van der Waals surface area contributed by atoms with Crippen LogP contribution in [0.25, 0.3) is 0 Å². The van der Waals surface area contributed by atoms with Crippen molar-refractivity contribution in [2.75, 3.05) is 4.72 Å². The number of carbonyl (C=O) groups is 1. The first-order valence-electron chi connectivity index (χ1n) is 5.72. The zero-order chi connectivity index (χ0) is 16.5. The molecule has 0 fully saturated rings. The van der Waals surface area contributed by atoms with E-state index in [9.17, 15) is 13.2 Å². The number of nitrogens with one attached hydrogen (secondary N) is 1. The Hall–Kier alpha value is -1.47. The van der Waals surface area contributed by atoms with E-state index in [0.717, 1.165) is 0 Å². The molecule has 0 atom stereocenters. The Morgan fingerprint density at radius 1 is 0.955 bits per heavy atom. The zero-order valence-electron chi connectivity index (χ0n) is 10.7. The maximum Gasteiger partial charge on any atom is 0.335 e. The minimum absolute atomic E-state index is 0.0375. The molecule has 22 heavy (non-hydrogen) atoms. The highest BCUT2D eigenvalue weighted by atomic mass is 35.5. The van der Waals surface area contributed by atoms with Crippen molar-refractivity contribution in [1.29, 1.82) is 0 Å². The number of anilines is 1. The number of hydrogen-bond acceptors (Lipinski definition) is 3. The summed E-state index contributed by atoms with van der Waals surface area (Å²) in [4.78, 5) is 10.5. The molecular formula is C13H8Cl3NO4S. The molecule has 0 aliphatic heterocycles. The Morgan fingerprint density at radius 3 is 2.09 bits per heavy atom. The fourth-order valence-electron chi connectivity index (χ4n) is 1.61. The van der Waals surface area contributed by atoms with Gasteiger partial charge in [-0.15, -0.1) is 0 Å². The van der Waals surface area contributed by atoms with Crippen LogP contribution in [0.2, 0.25) is 15.1 Å². The molecule has 0 bridgehead atoms. The van der Waals surface area contributed by atoms with E-state index in [1.165, 1.54) is 36.4 Å². The van der Waals surface area contributed by atoms with Crippen molar-refractivity contribution in [2.24, 2.45) is 0 Å². The number of carboxylic acids is 1. The second-order valence-electron chi connectivity index (χ2n) is 4.16. The number of sulfonamides is 1. The summed E-state index contributed by atoms with van der Waals surface area (Å²) < 4.78 is 26.9. The fourth-order valence-corrected chi connectivity index (χ4v) is 3.64. The predicted molar refractivity (Wildman–Crippen MR) is 85.7 cm³/mol. The average molecular weight is 381 g/mol. The molecule has 0 aromatic heterocycles. The van der Waals surface area contributed by atoms with Gasteiger partial charge in [-0.05, 0) is 36.4 Å². The number of halogens is 3. The summed E-state index contributed by atoms with van der Waals surface area (Å²) in [5, 5.41) is 8.68. The summed E-state index contributed by atoms with van der Waals surface area (Å²) in [7, 11) is -3.99. The molecule has 0 unspecified atom stereocenters. The third-order valence-electron chi connectivity index (χ3n) is 2.67. The van der Waals surface area contributed by atoms with E-state index in [-0.39, 0.29) is 31.2 Å².